The highest BCUT2D eigenvalue weighted by atomic mass is 16.5. The van der Waals surface area contributed by atoms with Gasteiger partial charge in [0.05, 0.1) is 19.3 Å². The summed E-state index contributed by atoms with van der Waals surface area (Å²) in [5, 5.41) is 13.7. The maximum Gasteiger partial charge on any atom is 0.313 e. The van der Waals surface area contributed by atoms with Crippen molar-refractivity contribution in [2.24, 2.45) is 5.92 Å². The van der Waals surface area contributed by atoms with Crippen molar-refractivity contribution in [2.75, 3.05) is 13.2 Å². The van der Waals surface area contributed by atoms with Crippen LogP contribution in [0.5, 0.6) is 0 Å². The molecule has 5 rings (SSSR count). The molecule has 0 aliphatic heterocycles. The van der Waals surface area contributed by atoms with E-state index in [4.69, 9.17) is 9.47 Å². The van der Waals surface area contributed by atoms with E-state index in [1.165, 1.54) is 0 Å². The molecule has 0 fully saturated rings. The van der Waals surface area contributed by atoms with E-state index in [0.717, 1.165) is 33.0 Å². The number of carbonyl (C=O) groups is 1. The van der Waals surface area contributed by atoms with Gasteiger partial charge >= 0.3 is 5.97 Å². The van der Waals surface area contributed by atoms with Gasteiger partial charge in [-0.25, -0.2) is 0 Å². The summed E-state index contributed by atoms with van der Waals surface area (Å²) < 4.78 is 12.4. The summed E-state index contributed by atoms with van der Waals surface area (Å²) in [5.41, 5.74) is 2.75. The van der Waals surface area contributed by atoms with Crippen LogP contribution >= 0.6 is 0 Å². The molecule has 0 saturated carbocycles. The summed E-state index contributed by atoms with van der Waals surface area (Å²) in [5.74, 6) is -1.37. The number of carbonyl (C=O) groups excluding carboxylic acids is 1. The highest BCUT2D eigenvalue weighted by Crippen LogP contribution is 2.41. The van der Waals surface area contributed by atoms with Crippen LogP contribution in [0.3, 0.4) is 0 Å². The second-order valence-corrected chi connectivity index (χ2v) is 9.86. The van der Waals surface area contributed by atoms with Crippen molar-refractivity contribution in [1.29, 1.82) is 0 Å². The second-order valence-electron chi connectivity index (χ2n) is 9.86. The van der Waals surface area contributed by atoms with Crippen LogP contribution in [0.4, 0.5) is 0 Å². The first-order valence-electron chi connectivity index (χ1n) is 13.8. The quantitative estimate of drug-likeness (QED) is 0.149. The number of aliphatic hydroxyl groups is 1. The first-order chi connectivity index (χ1) is 19.6. The summed E-state index contributed by atoms with van der Waals surface area (Å²) >= 11 is 0. The summed E-state index contributed by atoms with van der Waals surface area (Å²) in [7, 11) is 0. The zero-order valence-electron chi connectivity index (χ0n) is 22.6. The maximum atomic E-state index is 13.3. The highest BCUT2D eigenvalue weighted by Gasteiger charge is 2.40. The van der Waals surface area contributed by atoms with Gasteiger partial charge in [-0.3, -0.25) is 4.79 Å². The normalized spacial score (nSPS) is 13.1. The van der Waals surface area contributed by atoms with Gasteiger partial charge in [-0.1, -0.05) is 133 Å². The number of hydrogen-bond acceptors (Lipinski definition) is 4. The maximum absolute atomic E-state index is 13.3. The van der Waals surface area contributed by atoms with E-state index in [0.29, 0.717) is 6.42 Å². The Morgan fingerprint density at radius 1 is 0.700 bits per heavy atom. The van der Waals surface area contributed by atoms with Crippen LogP contribution in [0.1, 0.15) is 29.2 Å². The lowest BCUT2D eigenvalue weighted by Crippen LogP contribution is -2.40. The van der Waals surface area contributed by atoms with E-state index < -0.39 is 23.6 Å². The van der Waals surface area contributed by atoms with Crippen LogP contribution in [0, 0.1) is 5.92 Å². The molecular formula is C36H34O4. The number of rotatable bonds is 11. The Morgan fingerprint density at radius 3 is 1.75 bits per heavy atom. The summed E-state index contributed by atoms with van der Waals surface area (Å²) in [4.78, 5) is 13.3. The van der Waals surface area contributed by atoms with Crippen LogP contribution in [0.15, 0.2) is 133 Å². The van der Waals surface area contributed by atoms with Gasteiger partial charge in [0.2, 0.25) is 0 Å². The first-order valence-corrected chi connectivity index (χ1v) is 13.8. The molecule has 0 radical (unpaired) electrons. The third-order valence-electron chi connectivity index (χ3n) is 7.38. The Hall–Kier alpha value is -4.25. The lowest BCUT2D eigenvalue weighted by atomic mass is 9.80. The first kappa shape index (κ1) is 27.3. The average Bonchev–Trinajstić information content (AvgIpc) is 3.01. The zero-order valence-corrected chi connectivity index (χ0v) is 22.6. The Balaban J connectivity index is 1.54. The largest absolute Gasteiger partial charge is 0.466 e. The molecule has 1 N–H and O–H groups in total. The summed E-state index contributed by atoms with van der Waals surface area (Å²) in [6.07, 6.45) is -0.715. The van der Waals surface area contributed by atoms with Crippen LogP contribution < -0.4 is 0 Å². The molecule has 0 heterocycles. The van der Waals surface area contributed by atoms with E-state index in [-0.39, 0.29) is 13.2 Å². The molecule has 5 aromatic rings. The third kappa shape index (κ3) is 5.69. The standard InChI is InChI=1S/C36H34O4/c1-2-39-35(38)33(34(37)25-28-17-14-16-27-15-12-13-24-32(27)28)26-40-36(29-18-6-3-7-19-29,30-20-8-4-9-21-30)31-22-10-5-11-23-31/h3-24,33-34,37H,2,25-26H2,1H3/t33-,34+/m1/s1. The minimum Gasteiger partial charge on any atom is -0.466 e. The number of aliphatic hydroxyl groups excluding tert-OH is 1. The van der Waals surface area contributed by atoms with E-state index in [2.05, 4.69) is 0 Å². The van der Waals surface area contributed by atoms with Crippen LogP contribution in [-0.4, -0.2) is 30.4 Å². The predicted octanol–water partition coefficient (Wildman–Crippen LogP) is 6.93. The molecule has 4 nitrogen and oxygen atoms in total. The van der Waals surface area contributed by atoms with E-state index in [1.807, 2.05) is 133 Å². The third-order valence-corrected chi connectivity index (χ3v) is 7.38. The van der Waals surface area contributed by atoms with Crippen LogP contribution in [-0.2, 0) is 26.3 Å². The Labute approximate surface area is 235 Å². The molecule has 0 spiro atoms. The number of benzene rings is 5. The Morgan fingerprint density at radius 2 is 1.20 bits per heavy atom. The lowest BCUT2D eigenvalue weighted by molar-refractivity contribution is -0.157. The molecule has 0 aliphatic rings. The Bertz CT molecular complexity index is 1410. The number of hydrogen-bond donors (Lipinski definition) is 1. The van der Waals surface area contributed by atoms with Gasteiger partial charge in [-0.2, -0.15) is 0 Å². The van der Waals surface area contributed by atoms with Crippen molar-refractivity contribution in [3.8, 4) is 0 Å². The van der Waals surface area contributed by atoms with Gasteiger partial charge in [0, 0.05) is 0 Å². The molecular weight excluding hydrogens is 496 g/mol. The molecule has 40 heavy (non-hydrogen) atoms. The molecule has 2 atom stereocenters. The SMILES string of the molecule is CCOC(=O)[C@H](COC(c1ccccc1)(c1ccccc1)c1ccccc1)[C@@H](O)Cc1cccc2ccccc12. The van der Waals surface area contributed by atoms with Crippen molar-refractivity contribution in [1.82, 2.24) is 0 Å². The Kier molecular flexibility index (Phi) is 8.70. The van der Waals surface area contributed by atoms with Crippen molar-refractivity contribution >= 4 is 16.7 Å². The molecule has 4 heteroatoms. The van der Waals surface area contributed by atoms with Crippen molar-refractivity contribution in [3.63, 3.8) is 0 Å². The molecule has 0 bridgehead atoms. The number of ether oxygens (including phenoxy) is 2. The van der Waals surface area contributed by atoms with Gasteiger partial charge in [0.25, 0.3) is 0 Å². The van der Waals surface area contributed by atoms with Crippen LogP contribution in [0.25, 0.3) is 10.8 Å². The van der Waals surface area contributed by atoms with E-state index >= 15 is 0 Å². The number of esters is 1. The molecule has 0 unspecified atom stereocenters. The minimum atomic E-state index is -1.01. The molecule has 0 aromatic heterocycles. The fraction of sp³-hybridized carbons (Fsp3) is 0.194. The van der Waals surface area contributed by atoms with Crippen molar-refractivity contribution in [2.45, 2.75) is 25.0 Å². The summed E-state index contributed by atoms with van der Waals surface area (Å²) in [6.45, 7) is 1.95. The van der Waals surface area contributed by atoms with Gasteiger partial charge in [0.15, 0.2) is 0 Å². The van der Waals surface area contributed by atoms with Gasteiger partial charge < -0.3 is 14.6 Å². The van der Waals surface area contributed by atoms with E-state index in [9.17, 15) is 9.90 Å². The highest BCUT2D eigenvalue weighted by molar-refractivity contribution is 5.85. The van der Waals surface area contributed by atoms with Crippen LogP contribution in [0.2, 0.25) is 0 Å². The fourth-order valence-electron chi connectivity index (χ4n) is 5.41. The van der Waals surface area contributed by atoms with Crippen molar-refractivity contribution < 1.29 is 19.4 Å². The van der Waals surface area contributed by atoms with Gasteiger partial charge in [-0.15, -0.1) is 0 Å². The topological polar surface area (TPSA) is 55.8 Å². The van der Waals surface area contributed by atoms with Gasteiger partial charge in [-0.05, 0) is 46.4 Å². The average molecular weight is 531 g/mol. The molecule has 202 valence electrons. The number of fused-ring (bicyclic) bond motifs is 1. The monoisotopic (exact) mass is 530 g/mol. The second kappa shape index (κ2) is 12.7. The van der Waals surface area contributed by atoms with E-state index in [1.54, 1.807) is 6.92 Å². The molecule has 0 aliphatic carbocycles. The smallest absolute Gasteiger partial charge is 0.313 e. The molecule has 5 aromatic carbocycles. The molecule has 0 saturated heterocycles. The summed E-state index contributed by atoms with van der Waals surface area (Å²) in [6, 6.07) is 44.1. The fourth-order valence-corrected chi connectivity index (χ4v) is 5.41. The lowest BCUT2D eigenvalue weighted by Gasteiger charge is -2.37. The van der Waals surface area contributed by atoms with Gasteiger partial charge in [0.1, 0.15) is 11.5 Å². The van der Waals surface area contributed by atoms with Crippen molar-refractivity contribution in [3.05, 3.63) is 156 Å². The molecule has 0 amide bonds. The zero-order chi connectivity index (χ0) is 27.8. The predicted molar refractivity (Wildman–Crippen MR) is 159 cm³/mol. The minimum absolute atomic E-state index is 0.0382.